The molecule has 2 nitrogen and oxygen atoms in total. The fraction of sp³-hybridized carbons (Fsp3) is 0. The largest absolute Gasteiger partial charge is 0.228 e. The molecule has 0 bridgehead atoms. The van der Waals surface area contributed by atoms with Crippen LogP contribution in [0.3, 0.4) is 0 Å². The molecule has 3 aromatic heterocycles. The number of rotatable bonds is 4. The summed E-state index contributed by atoms with van der Waals surface area (Å²) in [5.41, 5.74) is 8.38. The minimum absolute atomic E-state index is 0.305. The van der Waals surface area contributed by atoms with Gasteiger partial charge in [-0.3, -0.25) is 0 Å². The van der Waals surface area contributed by atoms with Crippen molar-refractivity contribution >= 4 is 116 Å². The third kappa shape index (κ3) is 4.58. The molecule has 48 heavy (non-hydrogen) atoms. The second-order valence-electron chi connectivity index (χ2n) is 11.8. The van der Waals surface area contributed by atoms with Crippen LogP contribution < -0.4 is 21.9 Å². The maximum Gasteiger partial charge on any atom is 0.160 e. The first-order chi connectivity index (χ1) is 23.5. The number of hydrogen-bond acceptors (Lipinski definition) is 4. The minimum atomic E-state index is 0.305. The van der Waals surface area contributed by atoms with Crippen LogP contribution in [0, 0.1) is 0 Å². The number of hydrogen-bond donors (Lipinski definition) is 0. The molecule has 0 spiro atoms. The lowest BCUT2D eigenvalue weighted by molar-refractivity contribution is 1.19. The normalized spacial score (nSPS) is 11.7. The van der Waals surface area contributed by atoms with E-state index in [9.17, 15) is 0 Å². The van der Waals surface area contributed by atoms with Crippen molar-refractivity contribution in [1.29, 1.82) is 0 Å². The Hall–Kier alpha value is -4.90. The molecule has 9 aromatic rings. The summed E-state index contributed by atoms with van der Waals surface area (Å²) in [6.45, 7) is 0. The maximum atomic E-state index is 6.56. The van der Waals surface area contributed by atoms with Crippen molar-refractivity contribution < 1.29 is 0 Å². The maximum absolute atomic E-state index is 6.56. The van der Waals surface area contributed by atoms with Gasteiger partial charge in [-0.1, -0.05) is 102 Å². The molecule has 9 rings (SSSR count). The van der Waals surface area contributed by atoms with E-state index in [2.05, 4.69) is 115 Å². The van der Waals surface area contributed by atoms with Crippen molar-refractivity contribution in [3.8, 4) is 45.0 Å². The monoisotopic (exact) mass is 636 g/mol. The van der Waals surface area contributed by atoms with Gasteiger partial charge in [-0.15, -0.1) is 33.6 Å². The highest BCUT2D eigenvalue weighted by Gasteiger charge is 2.19. The van der Waals surface area contributed by atoms with Crippen molar-refractivity contribution in [2.24, 2.45) is 0 Å². The van der Waals surface area contributed by atoms with Crippen molar-refractivity contribution in [1.82, 2.24) is 9.97 Å². The SMILES string of the molecule is [B]c1c([B])c([B])c2c(sc3ccc(-c4nc(-c5ccccc5-c5ccccc5)cc(-c5cccc6c5sc5ccccc56)n4)cc32)c1[B]. The zero-order valence-electron chi connectivity index (χ0n) is 25.6. The van der Waals surface area contributed by atoms with Gasteiger partial charge < -0.3 is 0 Å². The molecular weight excluding hydrogens is 616 g/mol. The lowest BCUT2D eigenvalue weighted by Crippen LogP contribution is -2.47. The van der Waals surface area contributed by atoms with Gasteiger partial charge in [-0.25, -0.2) is 9.97 Å². The lowest BCUT2D eigenvalue weighted by Gasteiger charge is -2.14. The molecule has 3 heterocycles. The highest BCUT2D eigenvalue weighted by Crippen LogP contribution is 2.42. The van der Waals surface area contributed by atoms with Crippen LogP contribution in [0.15, 0.2) is 121 Å². The van der Waals surface area contributed by atoms with Gasteiger partial charge in [0.2, 0.25) is 0 Å². The third-order valence-electron chi connectivity index (χ3n) is 9.02. The van der Waals surface area contributed by atoms with Crippen molar-refractivity contribution in [2.45, 2.75) is 0 Å². The van der Waals surface area contributed by atoms with Crippen molar-refractivity contribution in [3.63, 3.8) is 0 Å². The number of aromatic nitrogens is 2. The van der Waals surface area contributed by atoms with Crippen LogP contribution in [-0.4, -0.2) is 41.4 Å². The van der Waals surface area contributed by atoms with Gasteiger partial charge >= 0.3 is 0 Å². The van der Waals surface area contributed by atoms with E-state index in [1.54, 1.807) is 22.7 Å². The summed E-state index contributed by atoms with van der Waals surface area (Å²) < 4.78 is 4.30. The number of thiophene rings is 2. The number of benzene rings is 6. The zero-order valence-corrected chi connectivity index (χ0v) is 27.2. The van der Waals surface area contributed by atoms with Crippen molar-refractivity contribution in [3.05, 3.63) is 121 Å². The summed E-state index contributed by atoms with van der Waals surface area (Å²) in [4.78, 5) is 10.5. The molecular formula is C40H20B4N2S2. The van der Waals surface area contributed by atoms with Crippen LogP contribution in [0.25, 0.3) is 85.4 Å². The first kappa shape index (κ1) is 29.3. The zero-order chi connectivity index (χ0) is 32.5. The van der Waals surface area contributed by atoms with Gasteiger partial charge in [0.1, 0.15) is 31.4 Å². The van der Waals surface area contributed by atoms with E-state index in [0.717, 1.165) is 59.4 Å². The van der Waals surface area contributed by atoms with Gasteiger partial charge in [-0.05, 0) is 46.8 Å². The third-order valence-corrected chi connectivity index (χ3v) is 11.4. The molecule has 0 saturated heterocycles. The lowest BCUT2D eigenvalue weighted by atomic mass is 9.66. The Kier molecular flexibility index (Phi) is 6.93. The molecule has 0 fully saturated rings. The summed E-state index contributed by atoms with van der Waals surface area (Å²) in [7, 11) is 25.5. The van der Waals surface area contributed by atoms with Crippen LogP contribution in [0.2, 0.25) is 0 Å². The average molecular weight is 636 g/mol. The Labute approximate surface area is 291 Å². The first-order valence-electron chi connectivity index (χ1n) is 15.5. The molecule has 0 aliphatic rings. The molecule has 8 radical (unpaired) electrons. The first-order valence-corrected chi connectivity index (χ1v) is 17.1. The Balaban J connectivity index is 1.32. The summed E-state index contributed by atoms with van der Waals surface area (Å²) in [5, 5.41) is 4.21. The fourth-order valence-corrected chi connectivity index (χ4v) is 9.01. The fourth-order valence-electron chi connectivity index (χ4n) is 6.62. The second kappa shape index (κ2) is 11.4. The Bertz CT molecular complexity index is 2730. The molecule has 6 aromatic carbocycles. The molecule has 8 heteroatoms. The summed E-state index contributed by atoms with van der Waals surface area (Å²) in [5.74, 6) is 0.611. The molecule has 0 N–H and O–H groups in total. The molecule has 0 amide bonds. The molecule has 0 saturated carbocycles. The van der Waals surface area contributed by atoms with Crippen LogP contribution in [0.1, 0.15) is 0 Å². The highest BCUT2D eigenvalue weighted by molar-refractivity contribution is 7.27. The van der Waals surface area contributed by atoms with E-state index in [1.165, 1.54) is 20.2 Å². The number of nitrogens with zero attached hydrogens (tertiary/aromatic N) is 2. The topological polar surface area (TPSA) is 25.8 Å². The standard InChI is InChI=1S/C40H20B4N2S2/c41-34-33-28-19-22(17-18-32(28)48-39(33)37(44)36(43)35(34)42)40-45-29(24-12-5-4-11-23(24)21-9-2-1-3-10-21)20-30(46-40)27-15-8-14-26-25-13-6-7-16-31(25)47-38(26)27/h1-20H. The highest BCUT2D eigenvalue weighted by atomic mass is 32.1. The van der Waals surface area contributed by atoms with E-state index in [0.29, 0.717) is 27.7 Å². The molecule has 0 aliphatic heterocycles. The van der Waals surface area contributed by atoms with Gasteiger partial charge in [-0.2, -0.15) is 0 Å². The average Bonchev–Trinajstić information content (AvgIpc) is 3.72. The van der Waals surface area contributed by atoms with Crippen LogP contribution in [-0.2, 0) is 0 Å². The molecule has 0 unspecified atom stereocenters. The van der Waals surface area contributed by atoms with Crippen LogP contribution in [0.5, 0.6) is 0 Å². The Morgan fingerprint density at radius 2 is 1.04 bits per heavy atom. The van der Waals surface area contributed by atoms with E-state index < -0.39 is 0 Å². The van der Waals surface area contributed by atoms with Crippen molar-refractivity contribution in [2.75, 3.05) is 0 Å². The van der Waals surface area contributed by atoms with Crippen LogP contribution in [0.4, 0.5) is 0 Å². The summed E-state index contributed by atoms with van der Waals surface area (Å²) in [6, 6.07) is 42.1. The van der Waals surface area contributed by atoms with Gasteiger partial charge in [0, 0.05) is 51.6 Å². The van der Waals surface area contributed by atoms with Crippen LogP contribution >= 0.6 is 22.7 Å². The molecule has 0 aliphatic carbocycles. The molecule has 0 atom stereocenters. The quantitative estimate of drug-likeness (QED) is 0.194. The van der Waals surface area contributed by atoms with Gasteiger partial charge in [0.15, 0.2) is 5.82 Å². The van der Waals surface area contributed by atoms with Gasteiger partial charge in [0.05, 0.1) is 11.4 Å². The molecule has 214 valence electrons. The predicted octanol–water partition coefficient (Wildman–Crippen LogP) is 7.06. The Morgan fingerprint density at radius 3 is 1.88 bits per heavy atom. The smallest absolute Gasteiger partial charge is 0.160 e. The number of fused-ring (bicyclic) bond motifs is 6. The van der Waals surface area contributed by atoms with E-state index in [-0.39, 0.29) is 0 Å². The Morgan fingerprint density at radius 1 is 0.417 bits per heavy atom. The summed E-state index contributed by atoms with van der Waals surface area (Å²) >= 11 is 3.34. The van der Waals surface area contributed by atoms with Gasteiger partial charge in [0.25, 0.3) is 0 Å². The second-order valence-corrected chi connectivity index (χ2v) is 13.9. The predicted molar refractivity (Wildman–Crippen MR) is 211 cm³/mol. The minimum Gasteiger partial charge on any atom is -0.228 e. The summed E-state index contributed by atoms with van der Waals surface area (Å²) in [6.07, 6.45) is 0. The van der Waals surface area contributed by atoms with E-state index in [4.69, 9.17) is 41.4 Å². The van der Waals surface area contributed by atoms with E-state index in [1.807, 2.05) is 6.07 Å². The van der Waals surface area contributed by atoms with E-state index >= 15 is 0 Å².